The normalized spacial score (nSPS) is 18.2. The second kappa shape index (κ2) is 6.28. The maximum atomic E-state index is 9.30. The first-order valence-corrected chi connectivity index (χ1v) is 6.59. The number of aliphatic hydroxyl groups is 1. The molecule has 1 unspecified atom stereocenters. The predicted octanol–water partition coefficient (Wildman–Crippen LogP) is 2.13. The molecule has 0 spiro atoms. The number of halogens is 1. The molecule has 17 heavy (non-hydrogen) atoms. The lowest BCUT2D eigenvalue weighted by atomic mass is 10.0. The highest BCUT2D eigenvalue weighted by Crippen LogP contribution is 2.29. The number of aromatic nitrogens is 2. The topological polar surface area (TPSA) is 67.3 Å². The molecule has 0 bridgehead atoms. The third-order valence-corrected chi connectivity index (χ3v) is 3.44. The number of anilines is 1. The highest BCUT2D eigenvalue weighted by Gasteiger charge is 2.25. The van der Waals surface area contributed by atoms with Crippen molar-refractivity contribution in [1.29, 1.82) is 0 Å². The van der Waals surface area contributed by atoms with Crippen LogP contribution in [0.25, 0.3) is 0 Å². The first-order valence-electron chi connectivity index (χ1n) is 5.79. The van der Waals surface area contributed by atoms with Gasteiger partial charge in [-0.15, -0.1) is 0 Å². The lowest BCUT2D eigenvalue weighted by Crippen LogP contribution is -2.28. The third-order valence-electron chi connectivity index (χ3n) is 3.03. The molecule has 1 aliphatic carbocycles. The first-order chi connectivity index (χ1) is 8.29. The quantitative estimate of drug-likeness (QED) is 0.816. The van der Waals surface area contributed by atoms with Crippen LogP contribution in [0.5, 0.6) is 0 Å². The van der Waals surface area contributed by atoms with Crippen LogP contribution in [-0.2, 0) is 4.84 Å². The molecule has 1 fully saturated rings. The van der Waals surface area contributed by atoms with Gasteiger partial charge in [-0.25, -0.2) is 15.4 Å². The molecule has 1 atom stereocenters. The summed E-state index contributed by atoms with van der Waals surface area (Å²) in [6.07, 6.45) is 7.79. The van der Waals surface area contributed by atoms with Gasteiger partial charge >= 0.3 is 0 Å². The molecule has 0 amide bonds. The van der Waals surface area contributed by atoms with Gasteiger partial charge in [-0.1, -0.05) is 12.8 Å². The van der Waals surface area contributed by atoms with Crippen molar-refractivity contribution in [2.24, 2.45) is 5.92 Å². The molecule has 0 aliphatic heterocycles. The molecule has 1 aromatic heterocycles. The van der Waals surface area contributed by atoms with Gasteiger partial charge in [0.15, 0.2) is 0 Å². The Morgan fingerprint density at radius 3 is 2.65 bits per heavy atom. The lowest BCUT2D eigenvalue weighted by Gasteiger charge is -2.20. The van der Waals surface area contributed by atoms with Crippen molar-refractivity contribution in [2.75, 3.05) is 12.1 Å². The van der Waals surface area contributed by atoms with E-state index in [0.717, 1.165) is 17.3 Å². The van der Waals surface area contributed by atoms with Crippen molar-refractivity contribution < 1.29 is 9.94 Å². The number of nitrogens with zero attached hydrogens (tertiary/aromatic N) is 2. The van der Waals surface area contributed by atoms with Gasteiger partial charge in [0.05, 0.1) is 11.1 Å². The van der Waals surface area contributed by atoms with Gasteiger partial charge in [0.1, 0.15) is 6.10 Å². The van der Waals surface area contributed by atoms with Crippen molar-refractivity contribution in [3.05, 3.63) is 16.9 Å². The molecule has 1 aliphatic rings. The van der Waals surface area contributed by atoms with Crippen molar-refractivity contribution in [2.45, 2.75) is 31.8 Å². The van der Waals surface area contributed by atoms with Crippen LogP contribution in [-0.4, -0.2) is 27.8 Å². The van der Waals surface area contributed by atoms with E-state index in [4.69, 9.17) is 4.84 Å². The molecular weight excluding hydrogens is 286 g/mol. The molecule has 0 aromatic carbocycles. The summed E-state index contributed by atoms with van der Waals surface area (Å²) in [6, 6.07) is 0. The minimum atomic E-state index is -0.176. The fourth-order valence-electron chi connectivity index (χ4n) is 2.11. The zero-order valence-corrected chi connectivity index (χ0v) is 11.1. The average molecular weight is 302 g/mol. The molecule has 5 nitrogen and oxygen atoms in total. The summed E-state index contributed by atoms with van der Waals surface area (Å²) in [5, 5.41) is 9.30. The lowest BCUT2D eigenvalue weighted by molar-refractivity contribution is 0.00691. The Morgan fingerprint density at radius 2 is 2.06 bits per heavy atom. The number of aliphatic hydroxyl groups excluding tert-OH is 1. The largest absolute Gasteiger partial charge is 0.394 e. The number of nitrogens with one attached hydrogen (secondary N) is 1. The molecule has 0 saturated heterocycles. The number of hydrogen-bond donors (Lipinski definition) is 2. The highest BCUT2D eigenvalue weighted by atomic mass is 79.9. The van der Waals surface area contributed by atoms with Crippen LogP contribution < -0.4 is 5.48 Å². The van der Waals surface area contributed by atoms with Gasteiger partial charge in [-0.3, -0.25) is 4.84 Å². The van der Waals surface area contributed by atoms with Gasteiger partial charge in [0.25, 0.3) is 0 Å². The predicted molar refractivity (Wildman–Crippen MR) is 67.3 cm³/mol. The Bertz CT molecular complexity index is 341. The smallest absolute Gasteiger partial charge is 0.247 e. The van der Waals surface area contributed by atoms with E-state index in [0.29, 0.717) is 11.9 Å². The number of rotatable bonds is 5. The Hall–Kier alpha value is -0.720. The first kappa shape index (κ1) is 12.7. The SMILES string of the molecule is OCC(ONc1ncc(Br)cn1)C1CCCC1. The van der Waals surface area contributed by atoms with E-state index < -0.39 is 0 Å². The molecule has 1 saturated carbocycles. The van der Waals surface area contributed by atoms with Crippen LogP contribution >= 0.6 is 15.9 Å². The average Bonchev–Trinajstić information content (AvgIpc) is 2.86. The van der Waals surface area contributed by atoms with E-state index >= 15 is 0 Å². The zero-order chi connectivity index (χ0) is 12.1. The molecule has 0 radical (unpaired) electrons. The molecular formula is C11H16BrN3O2. The van der Waals surface area contributed by atoms with Crippen LogP contribution in [0, 0.1) is 5.92 Å². The molecule has 6 heteroatoms. The molecule has 2 N–H and O–H groups in total. The monoisotopic (exact) mass is 301 g/mol. The van der Waals surface area contributed by atoms with E-state index in [2.05, 4.69) is 31.4 Å². The summed E-state index contributed by atoms with van der Waals surface area (Å²) in [5.74, 6) is 0.840. The molecule has 1 aromatic rings. The standard InChI is InChI=1S/C11H16BrN3O2/c12-9-5-13-11(14-6-9)15-17-10(7-16)8-3-1-2-4-8/h5-6,8,10,16H,1-4,7H2,(H,13,14,15). The van der Waals surface area contributed by atoms with E-state index in [1.54, 1.807) is 12.4 Å². The zero-order valence-electron chi connectivity index (χ0n) is 9.47. The molecule has 94 valence electrons. The second-order valence-corrected chi connectivity index (χ2v) is 5.13. The summed E-state index contributed by atoms with van der Waals surface area (Å²) in [7, 11) is 0. The minimum absolute atomic E-state index is 0.0220. The second-order valence-electron chi connectivity index (χ2n) is 4.21. The fourth-order valence-corrected chi connectivity index (χ4v) is 2.31. The van der Waals surface area contributed by atoms with Crippen molar-refractivity contribution in [3.8, 4) is 0 Å². The Labute approximate surface area is 109 Å². The van der Waals surface area contributed by atoms with Gasteiger partial charge in [0, 0.05) is 12.4 Å². The molecule has 1 heterocycles. The van der Waals surface area contributed by atoms with Crippen LogP contribution in [0.1, 0.15) is 25.7 Å². The van der Waals surface area contributed by atoms with E-state index in [1.165, 1.54) is 12.8 Å². The van der Waals surface area contributed by atoms with E-state index in [9.17, 15) is 5.11 Å². The minimum Gasteiger partial charge on any atom is -0.394 e. The van der Waals surface area contributed by atoms with Crippen LogP contribution in [0.2, 0.25) is 0 Å². The summed E-state index contributed by atoms with van der Waals surface area (Å²) in [5.41, 5.74) is 2.70. The third kappa shape index (κ3) is 3.62. The van der Waals surface area contributed by atoms with Crippen molar-refractivity contribution in [1.82, 2.24) is 9.97 Å². The summed E-state index contributed by atoms with van der Waals surface area (Å²) in [4.78, 5) is 13.5. The van der Waals surface area contributed by atoms with Gasteiger partial charge in [-0.05, 0) is 34.7 Å². The van der Waals surface area contributed by atoms with Gasteiger partial charge in [0.2, 0.25) is 5.95 Å². The van der Waals surface area contributed by atoms with Gasteiger partial charge in [-0.2, -0.15) is 0 Å². The Kier molecular flexibility index (Phi) is 4.70. The highest BCUT2D eigenvalue weighted by molar-refractivity contribution is 9.10. The molecule has 2 rings (SSSR count). The fraction of sp³-hybridized carbons (Fsp3) is 0.636. The Balaban J connectivity index is 1.84. The maximum Gasteiger partial charge on any atom is 0.247 e. The summed E-state index contributed by atoms with van der Waals surface area (Å²) < 4.78 is 0.817. The van der Waals surface area contributed by atoms with Crippen LogP contribution in [0.4, 0.5) is 5.95 Å². The van der Waals surface area contributed by atoms with Crippen molar-refractivity contribution >= 4 is 21.9 Å². The number of hydrogen-bond acceptors (Lipinski definition) is 5. The maximum absolute atomic E-state index is 9.30. The summed E-state index contributed by atoms with van der Waals surface area (Å²) in [6.45, 7) is 0.0220. The van der Waals surface area contributed by atoms with E-state index in [1.807, 2.05) is 0 Å². The Morgan fingerprint density at radius 1 is 1.41 bits per heavy atom. The van der Waals surface area contributed by atoms with Crippen LogP contribution in [0.15, 0.2) is 16.9 Å². The summed E-state index contributed by atoms with van der Waals surface area (Å²) >= 11 is 3.26. The van der Waals surface area contributed by atoms with E-state index in [-0.39, 0.29) is 12.7 Å². The van der Waals surface area contributed by atoms with Gasteiger partial charge < -0.3 is 5.11 Å². The van der Waals surface area contributed by atoms with Crippen molar-refractivity contribution in [3.63, 3.8) is 0 Å². The van der Waals surface area contributed by atoms with Crippen LogP contribution in [0.3, 0.4) is 0 Å².